The quantitative estimate of drug-likeness (QED) is 0.414. The van der Waals surface area contributed by atoms with Gasteiger partial charge in [0.25, 0.3) is 0 Å². The van der Waals surface area contributed by atoms with Crippen LogP contribution in [0.5, 0.6) is 5.75 Å². The number of hydrogen-bond acceptors (Lipinski definition) is 6. The minimum absolute atomic E-state index is 0. The Morgan fingerprint density at radius 1 is 0.767 bits per heavy atom. The number of phenols is 1. The van der Waals surface area contributed by atoms with Crippen LogP contribution in [0.4, 0.5) is 0 Å². The summed E-state index contributed by atoms with van der Waals surface area (Å²) in [4.78, 5) is 0. The van der Waals surface area contributed by atoms with Crippen LogP contribution in [0, 0.1) is 0 Å². The van der Waals surface area contributed by atoms with Crippen LogP contribution in [0.1, 0.15) is 22.8 Å². The average molecular weight is 404 g/mol. The normalized spacial score (nSPS) is 26.3. The molecule has 0 amide bonds. The van der Waals surface area contributed by atoms with Crippen LogP contribution in [0.15, 0.2) is 60.7 Å². The number of fused-ring (bicyclic) bond motifs is 1. The molecule has 3 aliphatic rings. The Hall–Kier alpha value is -1.88. The molecule has 1 heterocycles. The maximum atomic E-state index is 10.4. The summed E-state index contributed by atoms with van der Waals surface area (Å²) in [6.45, 7) is -0.514. The van der Waals surface area contributed by atoms with Crippen LogP contribution in [0.25, 0.3) is 11.1 Å². The van der Waals surface area contributed by atoms with Crippen LogP contribution >= 0.6 is 0 Å². The van der Waals surface area contributed by atoms with E-state index in [1.54, 1.807) is 12.1 Å². The monoisotopic (exact) mass is 404 g/mol. The van der Waals surface area contributed by atoms with E-state index in [4.69, 9.17) is 4.74 Å². The van der Waals surface area contributed by atoms with E-state index in [1.165, 1.54) is 6.07 Å². The summed E-state index contributed by atoms with van der Waals surface area (Å²) < 4.78 is 5.59. The molecule has 1 saturated heterocycles. The fraction of sp³-hybridized carbons (Fsp3) is 0.304. The summed E-state index contributed by atoms with van der Waals surface area (Å²) >= 11 is 0. The number of rotatable bonds is 4. The SMILES string of the molecule is OC[C@H]1O[C@@H](c2cc(Cc3cc4cccccc-4c3)ccc2O)[C@H](O)[C@@H](O)[C@@H]1O.[LiH]. The summed E-state index contributed by atoms with van der Waals surface area (Å²) in [5.41, 5.74) is 4.59. The molecule has 0 bridgehead atoms. The van der Waals surface area contributed by atoms with Gasteiger partial charge >= 0.3 is 18.9 Å². The number of hydrogen-bond donors (Lipinski definition) is 5. The second kappa shape index (κ2) is 9.50. The summed E-state index contributed by atoms with van der Waals surface area (Å²) in [7, 11) is 0. The Morgan fingerprint density at radius 3 is 2.07 bits per heavy atom. The van der Waals surface area contributed by atoms with Crippen molar-refractivity contribution in [3.05, 3.63) is 77.4 Å². The first kappa shape index (κ1) is 22.8. The fourth-order valence-corrected chi connectivity index (χ4v) is 3.92. The van der Waals surface area contributed by atoms with Crippen molar-refractivity contribution in [2.75, 3.05) is 6.61 Å². The van der Waals surface area contributed by atoms with Gasteiger partial charge in [0.1, 0.15) is 36.3 Å². The summed E-state index contributed by atoms with van der Waals surface area (Å²) in [6, 6.07) is 19.3. The van der Waals surface area contributed by atoms with Crippen LogP contribution < -0.4 is 0 Å². The molecule has 0 aromatic heterocycles. The Bertz CT molecular complexity index is 931. The van der Waals surface area contributed by atoms with Crippen molar-refractivity contribution in [1.29, 1.82) is 0 Å². The van der Waals surface area contributed by atoms with Gasteiger partial charge in [-0.25, -0.2) is 0 Å². The third-order valence-electron chi connectivity index (χ3n) is 5.49. The van der Waals surface area contributed by atoms with Crippen LogP contribution in [0.3, 0.4) is 0 Å². The molecule has 1 fully saturated rings. The summed E-state index contributed by atoms with van der Waals surface area (Å²) in [6.07, 6.45) is -5.84. The third kappa shape index (κ3) is 4.41. The molecule has 1 aliphatic heterocycles. The molecule has 1 aromatic carbocycles. The van der Waals surface area contributed by atoms with E-state index >= 15 is 0 Å². The van der Waals surface area contributed by atoms with Gasteiger partial charge in [-0.15, -0.1) is 0 Å². The molecule has 1 aromatic rings. The molecule has 4 rings (SSSR count). The molecule has 5 N–H and O–H groups in total. The Kier molecular flexibility index (Phi) is 7.22. The van der Waals surface area contributed by atoms with Gasteiger partial charge < -0.3 is 30.3 Å². The number of aliphatic hydroxyl groups excluding tert-OH is 4. The van der Waals surface area contributed by atoms with E-state index in [0.29, 0.717) is 12.0 Å². The van der Waals surface area contributed by atoms with E-state index in [-0.39, 0.29) is 24.6 Å². The first-order valence-electron chi connectivity index (χ1n) is 9.58. The average Bonchev–Trinajstić information content (AvgIpc) is 2.96. The molecule has 5 atom stereocenters. The number of benzene rings is 1. The second-order valence-electron chi connectivity index (χ2n) is 7.50. The molecule has 7 heteroatoms. The molecule has 0 spiro atoms. The van der Waals surface area contributed by atoms with Gasteiger partial charge in [-0.1, -0.05) is 48.5 Å². The van der Waals surface area contributed by atoms with Crippen molar-refractivity contribution in [3.8, 4) is 16.9 Å². The number of ether oxygens (including phenoxy) is 1. The molecule has 30 heavy (non-hydrogen) atoms. The van der Waals surface area contributed by atoms with Gasteiger partial charge in [-0.2, -0.15) is 0 Å². The van der Waals surface area contributed by atoms with E-state index in [1.807, 2.05) is 18.2 Å². The van der Waals surface area contributed by atoms with Crippen LogP contribution in [0.2, 0.25) is 0 Å². The van der Waals surface area contributed by atoms with Crippen molar-refractivity contribution >= 4 is 18.9 Å². The molecule has 6 nitrogen and oxygen atoms in total. The van der Waals surface area contributed by atoms with Gasteiger partial charge in [-0.05, 0) is 40.8 Å². The van der Waals surface area contributed by atoms with Crippen LogP contribution in [-0.4, -0.2) is 75.4 Å². The van der Waals surface area contributed by atoms with Gasteiger partial charge in [0.05, 0.1) is 6.61 Å². The van der Waals surface area contributed by atoms with E-state index < -0.39 is 37.1 Å². The zero-order chi connectivity index (χ0) is 20.5. The topological polar surface area (TPSA) is 110 Å². The fourth-order valence-electron chi connectivity index (χ4n) is 3.92. The van der Waals surface area contributed by atoms with Gasteiger partial charge in [0.15, 0.2) is 0 Å². The molecule has 0 radical (unpaired) electrons. The molecule has 2 aliphatic carbocycles. The first-order valence-corrected chi connectivity index (χ1v) is 9.58. The predicted octanol–water partition coefficient (Wildman–Crippen LogP) is 0.954. The standard InChI is InChI=1S/C23H24O6.Li.H/c24-12-19-20(26)21(27)22(28)23(29-19)17-11-13(6-7-18(17)25)8-14-9-15-4-2-1-3-5-16(15)10-14;;/h1-7,9-11,19-28H,8,12H2;;/t19-,20-,21+,22-,23+;;/m1../s1. The van der Waals surface area contributed by atoms with Gasteiger partial charge in [-0.3, -0.25) is 0 Å². The summed E-state index contributed by atoms with van der Waals surface area (Å²) in [5.74, 6) is -0.0854. The molecular weight excluding hydrogens is 379 g/mol. The van der Waals surface area contributed by atoms with Crippen molar-refractivity contribution < 1.29 is 30.3 Å². The predicted molar refractivity (Wildman–Crippen MR) is 114 cm³/mol. The zero-order valence-electron chi connectivity index (χ0n) is 15.7. The second-order valence-corrected chi connectivity index (χ2v) is 7.50. The van der Waals surface area contributed by atoms with E-state index in [0.717, 1.165) is 22.3 Å². The van der Waals surface area contributed by atoms with Gasteiger partial charge in [0, 0.05) is 5.56 Å². The van der Waals surface area contributed by atoms with Crippen molar-refractivity contribution in [2.45, 2.75) is 36.9 Å². The van der Waals surface area contributed by atoms with Crippen LogP contribution in [-0.2, 0) is 11.2 Å². The number of aliphatic hydroxyl groups is 4. The molecule has 0 unspecified atom stereocenters. The summed E-state index contributed by atoms with van der Waals surface area (Å²) in [5, 5.41) is 50.1. The Labute approximate surface area is 186 Å². The third-order valence-corrected chi connectivity index (χ3v) is 5.49. The van der Waals surface area contributed by atoms with Crippen molar-refractivity contribution in [1.82, 2.24) is 0 Å². The number of aromatic hydroxyl groups is 1. The minimum atomic E-state index is -1.49. The Balaban J connectivity index is 0.00000256. The maximum absolute atomic E-state index is 10.4. The molecule has 0 saturated carbocycles. The van der Waals surface area contributed by atoms with Gasteiger partial charge in [0.2, 0.25) is 0 Å². The zero-order valence-corrected chi connectivity index (χ0v) is 15.7. The van der Waals surface area contributed by atoms with E-state index in [2.05, 4.69) is 24.3 Å². The number of phenolic OH excluding ortho intramolecular Hbond substituents is 1. The molecule has 154 valence electrons. The Morgan fingerprint density at radius 2 is 1.43 bits per heavy atom. The van der Waals surface area contributed by atoms with Crippen molar-refractivity contribution in [3.63, 3.8) is 0 Å². The van der Waals surface area contributed by atoms with Crippen molar-refractivity contribution in [2.24, 2.45) is 0 Å². The molecular formula is C23H25LiO6. The first-order chi connectivity index (χ1) is 14.0. The van der Waals surface area contributed by atoms with E-state index in [9.17, 15) is 25.5 Å².